The summed E-state index contributed by atoms with van der Waals surface area (Å²) in [6, 6.07) is 22.7. The summed E-state index contributed by atoms with van der Waals surface area (Å²) in [5.74, 6) is 1.17. The average Bonchev–Trinajstić information content (AvgIpc) is 2.93. The van der Waals surface area contributed by atoms with Crippen LogP contribution in [0.3, 0.4) is 0 Å². The van der Waals surface area contributed by atoms with E-state index < -0.39 is 37.1 Å². The van der Waals surface area contributed by atoms with Gasteiger partial charge in [0.1, 0.15) is 42.9 Å². The number of benzene rings is 3. The average molecular weight is 520 g/mol. The number of anilines is 1. The topological polar surface area (TPSA) is 103 Å². The highest BCUT2D eigenvalue weighted by Gasteiger charge is 2.44. The van der Waals surface area contributed by atoms with Gasteiger partial charge >= 0.3 is 0 Å². The van der Waals surface area contributed by atoms with Crippen LogP contribution in [-0.2, 0) is 17.7 Å². The number of nitrogens with zero attached hydrogens (tertiary/aromatic N) is 1. The Kier molecular flexibility index (Phi) is 8.02. The van der Waals surface area contributed by atoms with Gasteiger partial charge in [-0.15, -0.1) is 0 Å². The molecule has 0 spiro atoms. The summed E-state index contributed by atoms with van der Waals surface area (Å²) in [6.07, 6.45) is -5.22. The molecular weight excluding hydrogens is 482 g/mol. The first-order valence-electron chi connectivity index (χ1n) is 13.3. The summed E-state index contributed by atoms with van der Waals surface area (Å²) in [7, 11) is 0. The fourth-order valence-corrected chi connectivity index (χ4v) is 5.51. The van der Waals surface area contributed by atoms with Crippen LogP contribution in [0.15, 0.2) is 66.7 Å². The minimum absolute atomic E-state index is 0.282. The molecule has 0 bridgehead atoms. The van der Waals surface area contributed by atoms with Gasteiger partial charge in [0, 0.05) is 6.54 Å². The van der Waals surface area contributed by atoms with E-state index >= 15 is 0 Å². The zero-order valence-electron chi connectivity index (χ0n) is 21.9. The van der Waals surface area contributed by atoms with Gasteiger partial charge in [-0.1, -0.05) is 68.4 Å². The predicted molar refractivity (Wildman–Crippen MR) is 145 cm³/mol. The molecule has 2 aliphatic rings. The van der Waals surface area contributed by atoms with Crippen LogP contribution in [-0.4, -0.2) is 64.6 Å². The van der Waals surface area contributed by atoms with E-state index in [1.807, 2.05) is 30.3 Å². The standard InChI is InChI=1S/C31H37NO6/c1-19(2)24-10-9-22(31-30(36)29(35)28(34)27(18-33)38-31)16-23(24)14-21-8-11-26-25(15-21)32(12-13-37-26)17-20-6-4-3-5-7-20/h3-11,15-16,19,27-31,33-36H,12-14,17-18H2,1-2H3. The third-order valence-electron chi connectivity index (χ3n) is 7.60. The van der Waals surface area contributed by atoms with E-state index in [-0.39, 0.29) is 5.92 Å². The van der Waals surface area contributed by atoms with E-state index in [4.69, 9.17) is 9.47 Å². The van der Waals surface area contributed by atoms with E-state index in [1.165, 1.54) is 11.1 Å². The van der Waals surface area contributed by atoms with Crippen LogP contribution in [0.25, 0.3) is 0 Å². The molecule has 2 heterocycles. The third-order valence-corrected chi connectivity index (χ3v) is 7.60. The maximum absolute atomic E-state index is 10.7. The highest BCUT2D eigenvalue weighted by atomic mass is 16.5. The van der Waals surface area contributed by atoms with Gasteiger partial charge < -0.3 is 34.8 Å². The van der Waals surface area contributed by atoms with Crippen molar-refractivity contribution in [2.24, 2.45) is 0 Å². The van der Waals surface area contributed by atoms with E-state index in [0.29, 0.717) is 18.6 Å². The molecule has 3 aromatic carbocycles. The number of rotatable bonds is 7. The molecule has 4 N–H and O–H groups in total. The van der Waals surface area contributed by atoms with Gasteiger partial charge in [0.15, 0.2) is 0 Å². The smallest absolute Gasteiger partial charge is 0.142 e. The van der Waals surface area contributed by atoms with Crippen molar-refractivity contribution in [2.45, 2.75) is 63.3 Å². The second-order valence-electron chi connectivity index (χ2n) is 10.6. The summed E-state index contributed by atoms with van der Waals surface area (Å²) in [6.45, 7) is 6.12. The fraction of sp³-hybridized carbons (Fsp3) is 0.419. The summed E-state index contributed by atoms with van der Waals surface area (Å²) in [5, 5.41) is 40.8. The molecule has 1 saturated heterocycles. The van der Waals surface area contributed by atoms with E-state index in [2.05, 4.69) is 55.1 Å². The fourth-order valence-electron chi connectivity index (χ4n) is 5.51. The first-order chi connectivity index (χ1) is 18.4. The molecule has 0 aliphatic carbocycles. The van der Waals surface area contributed by atoms with Crippen LogP contribution in [0, 0.1) is 0 Å². The number of aliphatic hydroxyl groups is 4. The Hall–Kier alpha value is -2.94. The minimum atomic E-state index is -1.41. The maximum Gasteiger partial charge on any atom is 0.142 e. The Morgan fingerprint density at radius 3 is 2.42 bits per heavy atom. The lowest BCUT2D eigenvalue weighted by Crippen LogP contribution is -2.55. The van der Waals surface area contributed by atoms with Crippen molar-refractivity contribution < 1.29 is 29.9 Å². The molecule has 38 heavy (non-hydrogen) atoms. The van der Waals surface area contributed by atoms with Crippen LogP contribution in [0.1, 0.15) is 53.7 Å². The molecule has 7 heteroatoms. The van der Waals surface area contributed by atoms with Gasteiger partial charge in [-0.2, -0.15) is 0 Å². The van der Waals surface area contributed by atoms with Crippen molar-refractivity contribution in [1.82, 2.24) is 0 Å². The summed E-state index contributed by atoms with van der Waals surface area (Å²) in [5.41, 5.74) is 6.46. The van der Waals surface area contributed by atoms with Gasteiger partial charge in [0.05, 0.1) is 18.8 Å². The van der Waals surface area contributed by atoms with Gasteiger partial charge in [0.2, 0.25) is 0 Å². The van der Waals surface area contributed by atoms with Gasteiger partial charge in [0.25, 0.3) is 0 Å². The second-order valence-corrected chi connectivity index (χ2v) is 10.6. The number of aliphatic hydroxyl groups excluding tert-OH is 4. The highest BCUT2D eigenvalue weighted by Crippen LogP contribution is 2.37. The highest BCUT2D eigenvalue weighted by molar-refractivity contribution is 5.62. The van der Waals surface area contributed by atoms with E-state index in [9.17, 15) is 20.4 Å². The molecule has 202 valence electrons. The van der Waals surface area contributed by atoms with Gasteiger partial charge in [-0.05, 0) is 52.3 Å². The summed E-state index contributed by atoms with van der Waals surface area (Å²) < 4.78 is 11.8. The van der Waals surface area contributed by atoms with Crippen molar-refractivity contribution in [2.75, 3.05) is 24.7 Å². The number of hydrogen-bond donors (Lipinski definition) is 4. The zero-order chi connectivity index (χ0) is 26.8. The third kappa shape index (κ3) is 5.44. The first kappa shape index (κ1) is 26.7. The van der Waals surface area contributed by atoms with Gasteiger partial charge in [-0.3, -0.25) is 0 Å². The molecule has 5 unspecified atom stereocenters. The summed E-state index contributed by atoms with van der Waals surface area (Å²) >= 11 is 0. The maximum atomic E-state index is 10.7. The molecule has 1 fully saturated rings. The zero-order valence-corrected chi connectivity index (χ0v) is 21.9. The number of hydrogen-bond acceptors (Lipinski definition) is 7. The molecule has 0 amide bonds. The molecule has 3 aromatic rings. The SMILES string of the molecule is CC(C)c1ccc(C2OC(CO)C(O)C(O)C2O)cc1Cc1ccc2c(c1)N(Cc1ccccc1)CCO2. The molecule has 7 nitrogen and oxygen atoms in total. The van der Waals surface area contributed by atoms with Crippen molar-refractivity contribution in [3.8, 4) is 5.75 Å². The minimum Gasteiger partial charge on any atom is -0.490 e. The second kappa shape index (κ2) is 11.4. The summed E-state index contributed by atoms with van der Waals surface area (Å²) in [4.78, 5) is 2.35. The largest absolute Gasteiger partial charge is 0.490 e. The number of ether oxygens (including phenoxy) is 2. The molecule has 0 saturated carbocycles. The quantitative estimate of drug-likeness (QED) is 0.380. The van der Waals surface area contributed by atoms with Crippen molar-refractivity contribution >= 4 is 5.69 Å². The first-order valence-corrected chi connectivity index (χ1v) is 13.3. The van der Waals surface area contributed by atoms with Crippen LogP contribution in [0.2, 0.25) is 0 Å². The van der Waals surface area contributed by atoms with Crippen molar-refractivity contribution in [3.05, 3.63) is 94.5 Å². The van der Waals surface area contributed by atoms with E-state index in [0.717, 1.165) is 35.7 Å². The molecule has 2 aliphatic heterocycles. The van der Waals surface area contributed by atoms with Crippen LogP contribution < -0.4 is 9.64 Å². The molecule has 5 rings (SSSR count). The Morgan fingerprint density at radius 2 is 1.68 bits per heavy atom. The lowest BCUT2D eigenvalue weighted by molar-refractivity contribution is -0.231. The Bertz CT molecular complexity index is 1230. The lowest BCUT2D eigenvalue weighted by atomic mass is 9.86. The predicted octanol–water partition coefficient (Wildman–Crippen LogP) is 3.31. The Balaban J connectivity index is 1.44. The van der Waals surface area contributed by atoms with Crippen molar-refractivity contribution in [1.29, 1.82) is 0 Å². The molecular formula is C31H37NO6. The van der Waals surface area contributed by atoms with E-state index in [1.54, 1.807) is 0 Å². The molecule has 0 aromatic heterocycles. The molecule has 0 radical (unpaired) electrons. The van der Waals surface area contributed by atoms with Crippen LogP contribution >= 0.6 is 0 Å². The van der Waals surface area contributed by atoms with Gasteiger partial charge in [-0.25, -0.2) is 0 Å². The van der Waals surface area contributed by atoms with Crippen LogP contribution in [0.5, 0.6) is 5.75 Å². The van der Waals surface area contributed by atoms with Crippen LogP contribution in [0.4, 0.5) is 5.69 Å². The Labute approximate surface area is 223 Å². The lowest BCUT2D eigenvalue weighted by Gasteiger charge is -2.40. The van der Waals surface area contributed by atoms with Crippen molar-refractivity contribution in [3.63, 3.8) is 0 Å². The Morgan fingerprint density at radius 1 is 0.895 bits per heavy atom. The monoisotopic (exact) mass is 519 g/mol. The molecule has 5 atom stereocenters. The normalized spacial score (nSPS) is 25.2. The number of fused-ring (bicyclic) bond motifs is 1.